The quantitative estimate of drug-likeness (QED) is 0.481. The van der Waals surface area contributed by atoms with Gasteiger partial charge in [-0.15, -0.1) is 0 Å². The molecule has 0 radical (unpaired) electrons. The van der Waals surface area contributed by atoms with Crippen molar-refractivity contribution in [3.63, 3.8) is 0 Å². The van der Waals surface area contributed by atoms with Crippen LogP contribution in [0.4, 0.5) is 4.39 Å². The van der Waals surface area contributed by atoms with Gasteiger partial charge >= 0.3 is 0 Å². The third-order valence-corrected chi connectivity index (χ3v) is 2.54. The Bertz CT molecular complexity index is 363. The lowest BCUT2D eigenvalue weighted by atomic mass is 10.0. The molecule has 0 aliphatic carbocycles. The molecule has 0 saturated carbocycles. The summed E-state index contributed by atoms with van der Waals surface area (Å²) in [5.74, 6) is 0.480. The first-order valence-electron chi connectivity index (χ1n) is 6.81. The van der Waals surface area contributed by atoms with Gasteiger partial charge < -0.3 is 0 Å². The third-order valence-electron chi connectivity index (χ3n) is 2.54. The van der Waals surface area contributed by atoms with E-state index in [1.807, 2.05) is 32.9 Å². The van der Waals surface area contributed by atoms with Crippen LogP contribution in [0.1, 0.15) is 34.6 Å². The average Bonchev–Trinajstić information content (AvgIpc) is 2.33. The fraction of sp³-hybridized carbons (Fsp3) is 0.368. The summed E-state index contributed by atoms with van der Waals surface area (Å²) in [5.41, 5.74) is 3.14. The molecule has 0 N–H and O–H groups in total. The highest BCUT2D eigenvalue weighted by Gasteiger charge is 1.94. The van der Waals surface area contributed by atoms with Crippen molar-refractivity contribution >= 4 is 0 Å². The van der Waals surface area contributed by atoms with Gasteiger partial charge in [-0.3, -0.25) is 0 Å². The fourth-order valence-electron chi connectivity index (χ4n) is 0.832. The van der Waals surface area contributed by atoms with E-state index in [-0.39, 0.29) is 0 Å². The third kappa shape index (κ3) is 14.4. The first-order valence-corrected chi connectivity index (χ1v) is 6.81. The van der Waals surface area contributed by atoms with Crippen molar-refractivity contribution < 1.29 is 4.39 Å². The maximum Gasteiger partial charge on any atom is 0.116 e. The molecule has 0 bridgehead atoms. The second-order valence-corrected chi connectivity index (χ2v) is 5.42. The van der Waals surface area contributed by atoms with Gasteiger partial charge in [-0.05, 0) is 24.8 Å². The van der Waals surface area contributed by atoms with Crippen LogP contribution in [0.5, 0.6) is 0 Å². The minimum Gasteiger partial charge on any atom is -0.208 e. The Labute approximate surface area is 124 Å². The molecule has 0 spiro atoms. The van der Waals surface area contributed by atoms with E-state index >= 15 is 0 Å². The average molecular weight is 276 g/mol. The Balaban J connectivity index is 0. The summed E-state index contributed by atoms with van der Waals surface area (Å²) in [7, 11) is 0. The van der Waals surface area contributed by atoms with Gasteiger partial charge in [0, 0.05) is 0 Å². The Morgan fingerprint density at radius 2 is 1.10 bits per heavy atom. The zero-order valence-corrected chi connectivity index (χ0v) is 13.7. The summed E-state index contributed by atoms with van der Waals surface area (Å²) in [6.45, 7) is 24.7. The van der Waals surface area contributed by atoms with Gasteiger partial charge in [-0.2, -0.15) is 0 Å². The van der Waals surface area contributed by atoms with E-state index in [2.05, 4.69) is 40.2 Å². The molecule has 0 aliphatic rings. The summed E-state index contributed by atoms with van der Waals surface area (Å²) in [6, 6.07) is 0. The van der Waals surface area contributed by atoms with E-state index in [1.54, 1.807) is 6.08 Å². The Hall–Kier alpha value is -1.63. The zero-order valence-electron chi connectivity index (χ0n) is 13.7. The predicted molar refractivity (Wildman–Crippen MR) is 91.3 cm³/mol. The van der Waals surface area contributed by atoms with E-state index in [4.69, 9.17) is 0 Å². The normalized spacial score (nSPS) is 10.8. The lowest BCUT2D eigenvalue weighted by molar-refractivity contribution is 0.670. The number of rotatable bonds is 6. The van der Waals surface area contributed by atoms with Crippen molar-refractivity contribution in [3.05, 3.63) is 73.2 Å². The van der Waals surface area contributed by atoms with Crippen LogP contribution in [0.2, 0.25) is 0 Å². The summed E-state index contributed by atoms with van der Waals surface area (Å²) >= 11 is 0. The molecule has 0 atom stereocenters. The summed E-state index contributed by atoms with van der Waals surface area (Å²) < 4.78 is 12.0. The molecule has 0 unspecified atom stereocenters. The van der Waals surface area contributed by atoms with Crippen LogP contribution in [0.25, 0.3) is 0 Å². The van der Waals surface area contributed by atoms with Crippen LogP contribution in [0.3, 0.4) is 0 Å². The maximum atomic E-state index is 12.0. The molecule has 0 amide bonds. The predicted octanol–water partition coefficient (Wildman–Crippen LogP) is 6.57. The van der Waals surface area contributed by atoms with Crippen LogP contribution in [0, 0.1) is 11.8 Å². The SMILES string of the molecule is C=C(C)/C=C\C(=C)C(C)C.C=C(F)/C=C\C(=C)C(C)C. The summed E-state index contributed by atoms with van der Waals surface area (Å²) in [6.07, 6.45) is 6.98. The second kappa shape index (κ2) is 11.2. The lowest BCUT2D eigenvalue weighted by Crippen LogP contribution is -1.86. The smallest absolute Gasteiger partial charge is 0.116 e. The summed E-state index contributed by atoms with van der Waals surface area (Å²) in [5, 5.41) is 0. The van der Waals surface area contributed by atoms with Crippen molar-refractivity contribution in [3.8, 4) is 0 Å². The molecular weight excluding hydrogens is 247 g/mol. The molecule has 0 heterocycles. The van der Waals surface area contributed by atoms with E-state index in [0.29, 0.717) is 11.8 Å². The number of halogens is 1. The van der Waals surface area contributed by atoms with E-state index < -0.39 is 5.83 Å². The van der Waals surface area contributed by atoms with E-state index in [9.17, 15) is 4.39 Å². The van der Waals surface area contributed by atoms with Crippen LogP contribution >= 0.6 is 0 Å². The van der Waals surface area contributed by atoms with Crippen LogP contribution in [-0.2, 0) is 0 Å². The Kier molecular flexibility index (Phi) is 11.6. The number of hydrogen-bond donors (Lipinski definition) is 0. The van der Waals surface area contributed by atoms with Gasteiger partial charge in [0.25, 0.3) is 0 Å². The largest absolute Gasteiger partial charge is 0.208 e. The fourth-order valence-corrected chi connectivity index (χ4v) is 0.832. The molecule has 0 saturated heterocycles. The molecule has 1 heteroatoms. The molecule has 0 aromatic carbocycles. The van der Waals surface area contributed by atoms with Crippen LogP contribution in [-0.4, -0.2) is 0 Å². The first-order chi connectivity index (χ1) is 9.07. The molecule has 0 nitrogen and oxygen atoms in total. The highest BCUT2D eigenvalue weighted by molar-refractivity contribution is 5.24. The van der Waals surface area contributed by atoms with Gasteiger partial charge in [0.1, 0.15) is 5.83 Å². The molecule has 0 aromatic heterocycles. The number of allylic oxidation sites excluding steroid dienone is 8. The molecule has 0 fully saturated rings. The second-order valence-electron chi connectivity index (χ2n) is 5.42. The van der Waals surface area contributed by atoms with Crippen LogP contribution in [0.15, 0.2) is 73.2 Å². The van der Waals surface area contributed by atoms with Crippen molar-refractivity contribution in [2.24, 2.45) is 11.8 Å². The molecule has 0 rings (SSSR count). The topological polar surface area (TPSA) is 0 Å². The standard InChI is InChI=1S/C10H16.C9H13F/c1-8(2)6-7-10(5)9(3)4;1-7(2)8(3)5-6-9(4)10/h6-7,9H,1,5H2,2-4H3;5-7H,3-4H2,1-2H3/b7-6-;6-5-. The van der Waals surface area contributed by atoms with Crippen molar-refractivity contribution in [1.82, 2.24) is 0 Å². The van der Waals surface area contributed by atoms with Gasteiger partial charge in [0.15, 0.2) is 0 Å². The van der Waals surface area contributed by atoms with Crippen molar-refractivity contribution in [2.75, 3.05) is 0 Å². The van der Waals surface area contributed by atoms with Gasteiger partial charge in [0.05, 0.1) is 0 Å². The highest BCUT2D eigenvalue weighted by atomic mass is 19.1. The highest BCUT2D eigenvalue weighted by Crippen LogP contribution is 2.09. The van der Waals surface area contributed by atoms with Crippen LogP contribution < -0.4 is 0 Å². The van der Waals surface area contributed by atoms with Gasteiger partial charge in [-0.1, -0.05) is 89.0 Å². The number of hydrogen-bond acceptors (Lipinski definition) is 0. The zero-order chi connectivity index (χ0) is 16.3. The monoisotopic (exact) mass is 276 g/mol. The Morgan fingerprint density at radius 1 is 0.750 bits per heavy atom. The van der Waals surface area contributed by atoms with Crippen molar-refractivity contribution in [2.45, 2.75) is 34.6 Å². The van der Waals surface area contributed by atoms with Gasteiger partial charge in [0.2, 0.25) is 0 Å². The maximum absolute atomic E-state index is 12.0. The summed E-state index contributed by atoms with van der Waals surface area (Å²) in [4.78, 5) is 0. The molecule has 112 valence electrons. The molecule has 0 aromatic rings. The van der Waals surface area contributed by atoms with E-state index in [0.717, 1.165) is 16.7 Å². The minimum absolute atomic E-state index is 0.371. The molecular formula is C19H29F. The Morgan fingerprint density at radius 3 is 1.35 bits per heavy atom. The lowest BCUT2D eigenvalue weighted by Gasteiger charge is -2.01. The van der Waals surface area contributed by atoms with Crippen molar-refractivity contribution in [1.29, 1.82) is 0 Å². The van der Waals surface area contributed by atoms with Gasteiger partial charge in [-0.25, -0.2) is 4.39 Å². The van der Waals surface area contributed by atoms with E-state index in [1.165, 1.54) is 6.08 Å². The first kappa shape index (κ1) is 20.7. The molecule has 20 heavy (non-hydrogen) atoms. The minimum atomic E-state index is -0.429. The molecule has 0 aliphatic heterocycles.